The van der Waals surface area contributed by atoms with Crippen LogP contribution in [0.5, 0.6) is 5.75 Å². The largest absolute Gasteiger partial charge is 0.491 e. The Morgan fingerprint density at radius 1 is 1.38 bits per heavy atom. The van der Waals surface area contributed by atoms with E-state index in [0.29, 0.717) is 0 Å². The molecule has 0 aromatic heterocycles. The van der Waals surface area contributed by atoms with Gasteiger partial charge in [-0.1, -0.05) is 6.07 Å². The molecule has 0 atom stereocenters. The minimum atomic E-state index is 0.233. The van der Waals surface area contributed by atoms with Crippen molar-refractivity contribution in [3.05, 3.63) is 24.3 Å². The summed E-state index contributed by atoms with van der Waals surface area (Å²) in [6.45, 7) is 7.07. The van der Waals surface area contributed by atoms with E-state index >= 15 is 0 Å². The van der Waals surface area contributed by atoms with Crippen molar-refractivity contribution in [2.45, 2.75) is 26.9 Å². The SMILES string of the molecule is CCNc1cccc(OC(C)C)c1. The van der Waals surface area contributed by atoms with E-state index in [1.807, 2.05) is 38.1 Å². The van der Waals surface area contributed by atoms with Crippen molar-refractivity contribution in [3.63, 3.8) is 0 Å². The molecule has 1 aromatic carbocycles. The molecule has 1 rings (SSSR count). The Kier molecular flexibility index (Phi) is 3.62. The number of hydrogen-bond acceptors (Lipinski definition) is 2. The maximum Gasteiger partial charge on any atom is 0.121 e. The molecule has 0 saturated heterocycles. The Morgan fingerprint density at radius 3 is 2.77 bits per heavy atom. The van der Waals surface area contributed by atoms with Gasteiger partial charge in [-0.05, 0) is 32.9 Å². The van der Waals surface area contributed by atoms with Crippen LogP contribution in [0.2, 0.25) is 0 Å². The van der Waals surface area contributed by atoms with Crippen LogP contribution in [-0.2, 0) is 0 Å². The molecule has 1 N–H and O–H groups in total. The van der Waals surface area contributed by atoms with Crippen LogP contribution < -0.4 is 10.1 Å². The van der Waals surface area contributed by atoms with Crippen molar-refractivity contribution in [3.8, 4) is 5.75 Å². The average molecular weight is 179 g/mol. The summed E-state index contributed by atoms with van der Waals surface area (Å²) in [5, 5.41) is 3.24. The van der Waals surface area contributed by atoms with Crippen molar-refractivity contribution in [2.75, 3.05) is 11.9 Å². The topological polar surface area (TPSA) is 21.3 Å². The monoisotopic (exact) mass is 179 g/mol. The minimum Gasteiger partial charge on any atom is -0.491 e. The van der Waals surface area contributed by atoms with Gasteiger partial charge < -0.3 is 10.1 Å². The molecule has 0 spiro atoms. The molecule has 0 unspecified atom stereocenters. The molecule has 72 valence electrons. The highest BCUT2D eigenvalue weighted by molar-refractivity contribution is 5.47. The lowest BCUT2D eigenvalue weighted by atomic mass is 10.3. The summed E-state index contributed by atoms with van der Waals surface area (Å²) in [6.07, 6.45) is 0.233. The molecule has 0 fully saturated rings. The van der Waals surface area contributed by atoms with Gasteiger partial charge in [0.05, 0.1) is 6.10 Å². The second-order valence-corrected chi connectivity index (χ2v) is 3.22. The Labute approximate surface area is 79.9 Å². The van der Waals surface area contributed by atoms with E-state index in [2.05, 4.69) is 12.2 Å². The van der Waals surface area contributed by atoms with Gasteiger partial charge in [-0.25, -0.2) is 0 Å². The van der Waals surface area contributed by atoms with Gasteiger partial charge in [-0.15, -0.1) is 0 Å². The molecule has 0 aliphatic rings. The highest BCUT2D eigenvalue weighted by Crippen LogP contribution is 2.17. The lowest BCUT2D eigenvalue weighted by molar-refractivity contribution is 0.242. The van der Waals surface area contributed by atoms with Crippen LogP contribution in [0.1, 0.15) is 20.8 Å². The second kappa shape index (κ2) is 4.75. The Balaban J connectivity index is 2.67. The van der Waals surface area contributed by atoms with E-state index in [9.17, 15) is 0 Å². The Morgan fingerprint density at radius 2 is 2.15 bits per heavy atom. The van der Waals surface area contributed by atoms with Crippen molar-refractivity contribution in [2.24, 2.45) is 0 Å². The summed E-state index contributed by atoms with van der Waals surface area (Å²) < 4.78 is 5.56. The molecule has 2 nitrogen and oxygen atoms in total. The third-order valence-electron chi connectivity index (χ3n) is 1.59. The van der Waals surface area contributed by atoms with E-state index in [-0.39, 0.29) is 6.10 Å². The van der Waals surface area contributed by atoms with Crippen molar-refractivity contribution in [1.82, 2.24) is 0 Å². The van der Waals surface area contributed by atoms with E-state index in [1.54, 1.807) is 0 Å². The number of nitrogens with one attached hydrogen (secondary N) is 1. The lowest BCUT2D eigenvalue weighted by Gasteiger charge is -2.11. The van der Waals surface area contributed by atoms with Gasteiger partial charge in [-0.3, -0.25) is 0 Å². The van der Waals surface area contributed by atoms with Crippen LogP contribution in [0.4, 0.5) is 5.69 Å². The van der Waals surface area contributed by atoms with Gasteiger partial charge >= 0.3 is 0 Å². The quantitative estimate of drug-likeness (QED) is 0.767. The fourth-order valence-electron chi connectivity index (χ4n) is 1.16. The van der Waals surface area contributed by atoms with Gasteiger partial charge in [0, 0.05) is 18.3 Å². The van der Waals surface area contributed by atoms with Gasteiger partial charge in [0.2, 0.25) is 0 Å². The third kappa shape index (κ3) is 3.36. The molecular formula is C11H17NO. The smallest absolute Gasteiger partial charge is 0.121 e. The van der Waals surface area contributed by atoms with Gasteiger partial charge in [0.15, 0.2) is 0 Å². The Hall–Kier alpha value is -1.18. The number of anilines is 1. The number of rotatable bonds is 4. The molecule has 0 bridgehead atoms. The van der Waals surface area contributed by atoms with Crippen LogP contribution in [0.3, 0.4) is 0 Å². The fourth-order valence-corrected chi connectivity index (χ4v) is 1.16. The van der Waals surface area contributed by atoms with Crippen LogP contribution >= 0.6 is 0 Å². The maximum absolute atomic E-state index is 5.56. The van der Waals surface area contributed by atoms with Gasteiger partial charge in [-0.2, -0.15) is 0 Å². The first kappa shape index (κ1) is 9.90. The summed E-state index contributed by atoms with van der Waals surface area (Å²) in [6, 6.07) is 8.02. The molecule has 1 aromatic rings. The van der Waals surface area contributed by atoms with Crippen LogP contribution in [0.15, 0.2) is 24.3 Å². The highest BCUT2D eigenvalue weighted by atomic mass is 16.5. The molecule has 0 heterocycles. The van der Waals surface area contributed by atoms with Gasteiger partial charge in [0.1, 0.15) is 5.75 Å². The minimum absolute atomic E-state index is 0.233. The first-order chi connectivity index (χ1) is 6.22. The van der Waals surface area contributed by atoms with E-state index in [0.717, 1.165) is 18.0 Å². The highest BCUT2D eigenvalue weighted by Gasteiger charge is 1.97. The van der Waals surface area contributed by atoms with Crippen molar-refractivity contribution in [1.29, 1.82) is 0 Å². The fraction of sp³-hybridized carbons (Fsp3) is 0.455. The first-order valence-corrected chi connectivity index (χ1v) is 4.73. The van der Waals surface area contributed by atoms with Gasteiger partial charge in [0.25, 0.3) is 0 Å². The average Bonchev–Trinajstić information content (AvgIpc) is 2.04. The molecule has 2 heteroatoms. The van der Waals surface area contributed by atoms with Crippen LogP contribution in [0, 0.1) is 0 Å². The van der Waals surface area contributed by atoms with Crippen LogP contribution in [-0.4, -0.2) is 12.6 Å². The van der Waals surface area contributed by atoms with E-state index < -0.39 is 0 Å². The normalized spacial score (nSPS) is 10.2. The summed E-state index contributed by atoms with van der Waals surface area (Å²) in [4.78, 5) is 0. The predicted octanol–water partition coefficient (Wildman–Crippen LogP) is 2.91. The standard InChI is InChI=1S/C11H17NO/c1-4-12-10-6-5-7-11(8-10)13-9(2)3/h5-9,12H,4H2,1-3H3. The zero-order chi connectivity index (χ0) is 9.68. The summed E-state index contributed by atoms with van der Waals surface area (Å²) in [5.41, 5.74) is 1.11. The molecular weight excluding hydrogens is 162 g/mol. The van der Waals surface area contributed by atoms with Crippen molar-refractivity contribution < 1.29 is 4.74 Å². The summed E-state index contributed by atoms with van der Waals surface area (Å²) in [5.74, 6) is 0.924. The number of benzene rings is 1. The zero-order valence-corrected chi connectivity index (χ0v) is 8.50. The molecule has 0 radical (unpaired) electrons. The third-order valence-corrected chi connectivity index (χ3v) is 1.59. The molecule has 0 aliphatic heterocycles. The Bertz CT molecular complexity index is 258. The molecule has 0 amide bonds. The molecule has 13 heavy (non-hydrogen) atoms. The summed E-state index contributed by atoms with van der Waals surface area (Å²) >= 11 is 0. The predicted molar refractivity (Wildman–Crippen MR) is 56.4 cm³/mol. The summed E-state index contributed by atoms with van der Waals surface area (Å²) in [7, 11) is 0. The van der Waals surface area contributed by atoms with E-state index in [1.165, 1.54) is 0 Å². The van der Waals surface area contributed by atoms with Crippen molar-refractivity contribution >= 4 is 5.69 Å². The van der Waals surface area contributed by atoms with E-state index in [4.69, 9.17) is 4.74 Å². The lowest BCUT2D eigenvalue weighted by Crippen LogP contribution is -2.05. The zero-order valence-electron chi connectivity index (χ0n) is 8.50. The molecule has 0 saturated carbocycles. The second-order valence-electron chi connectivity index (χ2n) is 3.22. The number of hydrogen-bond donors (Lipinski definition) is 1. The number of ether oxygens (including phenoxy) is 1. The maximum atomic E-state index is 5.56. The molecule has 0 aliphatic carbocycles. The first-order valence-electron chi connectivity index (χ1n) is 4.73. The van der Waals surface area contributed by atoms with Crippen LogP contribution in [0.25, 0.3) is 0 Å².